The zero-order valence-corrected chi connectivity index (χ0v) is 13.3. The summed E-state index contributed by atoms with van der Waals surface area (Å²) in [6.07, 6.45) is 6.74. The van der Waals surface area contributed by atoms with Gasteiger partial charge in [0, 0.05) is 0 Å². The molecule has 3 heteroatoms. The van der Waals surface area contributed by atoms with Gasteiger partial charge in [0.2, 0.25) is 6.29 Å². The van der Waals surface area contributed by atoms with E-state index in [0.717, 1.165) is 12.3 Å². The summed E-state index contributed by atoms with van der Waals surface area (Å²) in [4.78, 5) is 0. The van der Waals surface area contributed by atoms with Crippen molar-refractivity contribution < 1.29 is 14.6 Å². The molecular formula is C18H28O3. The quantitative estimate of drug-likeness (QED) is 0.403. The highest BCUT2D eigenvalue weighted by molar-refractivity contribution is 5.27. The molecule has 0 spiro atoms. The standard InChI is InChI=1S/C18H28O3/c1-14(2)7-5-3-4-6-8-15-9-11-16(12-10-15)21-18(19)17-13-20-17/h9-12,14,17-19H,3-8,13H2,1-2H3. The first kappa shape index (κ1) is 16.3. The Balaban J connectivity index is 1.60. The van der Waals surface area contributed by atoms with Crippen LogP contribution in [0.2, 0.25) is 0 Å². The van der Waals surface area contributed by atoms with Crippen LogP contribution in [0, 0.1) is 5.92 Å². The van der Waals surface area contributed by atoms with E-state index in [1.807, 2.05) is 12.1 Å². The van der Waals surface area contributed by atoms with Crippen LogP contribution in [-0.4, -0.2) is 24.1 Å². The van der Waals surface area contributed by atoms with Crippen molar-refractivity contribution in [2.24, 2.45) is 5.92 Å². The maximum absolute atomic E-state index is 9.63. The van der Waals surface area contributed by atoms with Crippen LogP contribution in [0.15, 0.2) is 24.3 Å². The molecule has 2 unspecified atom stereocenters. The van der Waals surface area contributed by atoms with Gasteiger partial charge in [-0.25, -0.2) is 0 Å². The number of benzene rings is 1. The van der Waals surface area contributed by atoms with Crippen molar-refractivity contribution >= 4 is 0 Å². The molecule has 1 aromatic rings. The maximum atomic E-state index is 9.63. The van der Waals surface area contributed by atoms with Crippen LogP contribution >= 0.6 is 0 Å². The van der Waals surface area contributed by atoms with E-state index in [1.165, 1.54) is 37.7 Å². The van der Waals surface area contributed by atoms with Gasteiger partial charge >= 0.3 is 0 Å². The van der Waals surface area contributed by atoms with Gasteiger partial charge in [-0.05, 0) is 36.5 Å². The second-order valence-corrected chi connectivity index (χ2v) is 6.37. The molecule has 2 atom stereocenters. The summed E-state index contributed by atoms with van der Waals surface area (Å²) in [6.45, 7) is 5.17. The van der Waals surface area contributed by atoms with Gasteiger partial charge in [-0.1, -0.05) is 51.7 Å². The largest absolute Gasteiger partial charge is 0.462 e. The number of aryl methyl sites for hydroxylation is 1. The highest BCUT2D eigenvalue weighted by Crippen LogP contribution is 2.20. The molecule has 1 N–H and O–H groups in total. The van der Waals surface area contributed by atoms with Gasteiger partial charge in [-0.3, -0.25) is 0 Å². The Kier molecular flexibility index (Phi) is 6.52. The molecule has 3 nitrogen and oxygen atoms in total. The molecule has 0 amide bonds. The number of unbranched alkanes of at least 4 members (excludes halogenated alkanes) is 3. The number of hydrogen-bond donors (Lipinski definition) is 1. The average molecular weight is 292 g/mol. The van der Waals surface area contributed by atoms with E-state index >= 15 is 0 Å². The van der Waals surface area contributed by atoms with E-state index in [2.05, 4.69) is 26.0 Å². The number of epoxide rings is 1. The maximum Gasteiger partial charge on any atom is 0.226 e. The van der Waals surface area contributed by atoms with Crippen LogP contribution in [0.1, 0.15) is 51.5 Å². The minimum atomic E-state index is -0.836. The molecule has 0 radical (unpaired) electrons. The Hall–Kier alpha value is -1.06. The summed E-state index contributed by atoms with van der Waals surface area (Å²) in [5.41, 5.74) is 1.34. The van der Waals surface area contributed by atoms with Gasteiger partial charge < -0.3 is 14.6 Å². The van der Waals surface area contributed by atoms with Crippen molar-refractivity contribution in [1.82, 2.24) is 0 Å². The Morgan fingerprint density at radius 2 is 1.81 bits per heavy atom. The predicted molar refractivity (Wildman–Crippen MR) is 84.4 cm³/mol. The Morgan fingerprint density at radius 1 is 1.14 bits per heavy atom. The fourth-order valence-electron chi connectivity index (χ4n) is 2.41. The summed E-state index contributed by atoms with van der Waals surface area (Å²) in [5, 5.41) is 9.63. The Morgan fingerprint density at radius 3 is 2.43 bits per heavy atom. The molecule has 21 heavy (non-hydrogen) atoms. The minimum Gasteiger partial charge on any atom is -0.462 e. The first-order valence-corrected chi connectivity index (χ1v) is 8.20. The summed E-state index contributed by atoms with van der Waals surface area (Å²) < 4.78 is 10.4. The number of hydrogen-bond acceptors (Lipinski definition) is 3. The van der Waals surface area contributed by atoms with Gasteiger partial charge in [0.15, 0.2) is 0 Å². The van der Waals surface area contributed by atoms with Crippen molar-refractivity contribution in [2.45, 2.75) is 64.8 Å². The number of ether oxygens (including phenoxy) is 2. The van der Waals surface area contributed by atoms with Crippen LogP contribution in [0.5, 0.6) is 5.75 Å². The molecular weight excluding hydrogens is 264 g/mol. The summed E-state index contributed by atoms with van der Waals surface area (Å²) in [7, 11) is 0. The third-order valence-corrected chi connectivity index (χ3v) is 3.85. The third-order valence-electron chi connectivity index (χ3n) is 3.85. The molecule has 118 valence electrons. The van der Waals surface area contributed by atoms with E-state index in [-0.39, 0.29) is 6.10 Å². The van der Waals surface area contributed by atoms with Gasteiger partial charge in [-0.2, -0.15) is 0 Å². The van der Waals surface area contributed by atoms with E-state index in [9.17, 15) is 5.11 Å². The lowest BCUT2D eigenvalue weighted by atomic mass is 10.0. The fourth-order valence-corrected chi connectivity index (χ4v) is 2.41. The van der Waals surface area contributed by atoms with Crippen molar-refractivity contribution in [3.63, 3.8) is 0 Å². The number of aliphatic hydroxyl groups excluding tert-OH is 1. The molecule has 1 heterocycles. The van der Waals surface area contributed by atoms with E-state index in [4.69, 9.17) is 9.47 Å². The van der Waals surface area contributed by atoms with Crippen LogP contribution in [0.3, 0.4) is 0 Å². The minimum absolute atomic E-state index is 0.143. The second kappa shape index (κ2) is 8.40. The molecule has 0 saturated carbocycles. The van der Waals surface area contributed by atoms with E-state index in [1.54, 1.807) is 0 Å². The van der Waals surface area contributed by atoms with Crippen LogP contribution < -0.4 is 4.74 Å². The van der Waals surface area contributed by atoms with Crippen molar-refractivity contribution in [1.29, 1.82) is 0 Å². The van der Waals surface area contributed by atoms with Crippen LogP contribution in [0.4, 0.5) is 0 Å². The predicted octanol–water partition coefficient (Wildman–Crippen LogP) is 3.93. The summed E-state index contributed by atoms with van der Waals surface area (Å²) in [5.74, 6) is 1.53. The van der Waals surface area contributed by atoms with Crippen LogP contribution in [-0.2, 0) is 11.2 Å². The number of rotatable bonds is 10. The lowest BCUT2D eigenvalue weighted by Crippen LogP contribution is -2.22. The molecule has 1 aliphatic rings. The van der Waals surface area contributed by atoms with E-state index < -0.39 is 6.29 Å². The molecule has 1 saturated heterocycles. The molecule has 0 aromatic heterocycles. The average Bonchev–Trinajstić information content (AvgIpc) is 3.28. The zero-order valence-electron chi connectivity index (χ0n) is 13.3. The lowest BCUT2D eigenvalue weighted by molar-refractivity contribution is -0.0367. The Labute approximate surface area is 128 Å². The van der Waals surface area contributed by atoms with Crippen molar-refractivity contribution in [3.05, 3.63) is 29.8 Å². The van der Waals surface area contributed by atoms with Crippen molar-refractivity contribution in [2.75, 3.05) is 6.61 Å². The summed E-state index contributed by atoms with van der Waals surface area (Å²) >= 11 is 0. The summed E-state index contributed by atoms with van der Waals surface area (Å²) in [6, 6.07) is 8.03. The molecule has 2 rings (SSSR count). The molecule has 0 aliphatic carbocycles. The molecule has 1 aliphatic heterocycles. The number of aliphatic hydroxyl groups is 1. The zero-order chi connectivity index (χ0) is 15.1. The van der Waals surface area contributed by atoms with Crippen LogP contribution in [0.25, 0.3) is 0 Å². The van der Waals surface area contributed by atoms with Gasteiger partial charge in [0.05, 0.1) is 6.61 Å². The molecule has 1 aromatic carbocycles. The Bertz CT molecular complexity index is 395. The first-order valence-electron chi connectivity index (χ1n) is 8.20. The second-order valence-electron chi connectivity index (χ2n) is 6.37. The highest BCUT2D eigenvalue weighted by atomic mass is 16.7. The molecule has 0 bridgehead atoms. The van der Waals surface area contributed by atoms with Gasteiger partial charge in [0.25, 0.3) is 0 Å². The highest BCUT2D eigenvalue weighted by Gasteiger charge is 2.33. The SMILES string of the molecule is CC(C)CCCCCCc1ccc(OC(O)C2CO2)cc1. The fraction of sp³-hybridized carbons (Fsp3) is 0.667. The van der Waals surface area contributed by atoms with Gasteiger partial charge in [-0.15, -0.1) is 0 Å². The topological polar surface area (TPSA) is 42.0 Å². The lowest BCUT2D eigenvalue weighted by Gasteiger charge is -2.11. The van der Waals surface area contributed by atoms with Gasteiger partial charge in [0.1, 0.15) is 11.9 Å². The van der Waals surface area contributed by atoms with Crippen molar-refractivity contribution in [3.8, 4) is 5.75 Å². The smallest absolute Gasteiger partial charge is 0.226 e. The normalized spacial score (nSPS) is 18.8. The monoisotopic (exact) mass is 292 g/mol. The van der Waals surface area contributed by atoms with E-state index in [0.29, 0.717) is 12.4 Å². The third kappa shape index (κ3) is 6.49. The first-order chi connectivity index (χ1) is 10.1. The molecule has 1 fully saturated rings.